The minimum Gasteiger partial charge on any atom is -0.412 e. The third-order valence-corrected chi connectivity index (χ3v) is 4.14. The maximum absolute atomic E-state index is 11.0. The van der Waals surface area contributed by atoms with Gasteiger partial charge in [0.05, 0.1) is 0 Å². The predicted octanol–water partition coefficient (Wildman–Crippen LogP) is 0.815. The largest absolute Gasteiger partial charge is 0.412 e. The highest BCUT2D eigenvalue weighted by molar-refractivity contribution is 6.87. The van der Waals surface area contributed by atoms with Gasteiger partial charge in [-0.25, -0.2) is 0 Å². The Morgan fingerprint density at radius 3 is 2.90 bits per heavy atom. The number of carbonyl (C=O) groups is 1. The molecule has 0 aliphatic carbocycles. The maximum Gasteiger partial charge on any atom is 0.254 e. The van der Waals surface area contributed by atoms with Gasteiger partial charge in [0.2, 0.25) is 0 Å². The van der Waals surface area contributed by atoms with Crippen molar-refractivity contribution in [1.29, 1.82) is 0 Å². The van der Waals surface area contributed by atoms with Gasteiger partial charge in [-0.1, -0.05) is 13.0 Å². The molecule has 0 N–H and O–H groups in total. The van der Waals surface area contributed by atoms with Crippen molar-refractivity contribution in [2.75, 3.05) is 6.61 Å². The molecule has 0 aromatic rings. The molecule has 1 aliphatic rings. The average molecular weight is 156 g/mol. The lowest BCUT2D eigenvalue weighted by Gasteiger charge is -2.17. The van der Waals surface area contributed by atoms with Crippen molar-refractivity contribution in [2.45, 2.75) is 18.9 Å². The lowest BCUT2D eigenvalue weighted by molar-refractivity contribution is -0.109. The Morgan fingerprint density at radius 2 is 2.40 bits per heavy atom. The Labute approximate surface area is 62.6 Å². The van der Waals surface area contributed by atoms with Crippen LogP contribution in [0, 0.1) is 0 Å². The van der Waals surface area contributed by atoms with Gasteiger partial charge >= 0.3 is 0 Å². The molecule has 0 amide bonds. The molecule has 1 saturated heterocycles. The first-order valence-corrected chi connectivity index (χ1v) is 5.49. The Balaban J connectivity index is 2.38. The fourth-order valence-corrected chi connectivity index (χ4v) is 3.09. The zero-order valence-corrected chi connectivity index (χ0v) is 7.16. The number of rotatable bonds is 2. The summed E-state index contributed by atoms with van der Waals surface area (Å²) in [7, 11) is -1.48. The standard InChI is InChI=1S/C7H12O2Si/c1-2-7(8)10-6-4-3-5-9-10/h2,10H,1,3-6H2. The van der Waals surface area contributed by atoms with Gasteiger partial charge in [0, 0.05) is 6.61 Å². The van der Waals surface area contributed by atoms with Crippen molar-refractivity contribution in [2.24, 2.45) is 0 Å². The van der Waals surface area contributed by atoms with Crippen molar-refractivity contribution >= 4 is 14.4 Å². The van der Waals surface area contributed by atoms with Gasteiger partial charge in [0.25, 0.3) is 9.04 Å². The summed E-state index contributed by atoms with van der Waals surface area (Å²) in [5.41, 5.74) is 0. The summed E-state index contributed by atoms with van der Waals surface area (Å²) in [6.07, 6.45) is 3.69. The average Bonchev–Trinajstić information content (AvgIpc) is 2.05. The second-order valence-electron chi connectivity index (χ2n) is 2.46. The molecule has 0 radical (unpaired) electrons. The van der Waals surface area contributed by atoms with Crippen LogP contribution in [0.1, 0.15) is 12.8 Å². The quantitative estimate of drug-likeness (QED) is 0.437. The van der Waals surface area contributed by atoms with Gasteiger partial charge in [-0.3, -0.25) is 4.79 Å². The van der Waals surface area contributed by atoms with Gasteiger partial charge < -0.3 is 4.43 Å². The van der Waals surface area contributed by atoms with Crippen LogP contribution in [0.15, 0.2) is 12.7 Å². The molecule has 0 aromatic carbocycles. The van der Waals surface area contributed by atoms with E-state index >= 15 is 0 Å². The first kappa shape index (κ1) is 7.69. The molecular formula is C7H12O2Si. The van der Waals surface area contributed by atoms with Gasteiger partial charge in [0.1, 0.15) is 0 Å². The number of hydrogen-bond acceptors (Lipinski definition) is 2. The highest BCUT2D eigenvalue weighted by Gasteiger charge is 2.21. The van der Waals surface area contributed by atoms with Crippen molar-refractivity contribution < 1.29 is 9.22 Å². The smallest absolute Gasteiger partial charge is 0.254 e. The molecule has 10 heavy (non-hydrogen) atoms. The summed E-state index contributed by atoms with van der Waals surface area (Å²) in [5.74, 6) is 0. The SMILES string of the molecule is C=CC(=O)[SiH]1CCCCO1. The van der Waals surface area contributed by atoms with Gasteiger partial charge in [-0.05, 0) is 18.5 Å². The number of allylic oxidation sites excluding steroid dienone is 1. The summed E-state index contributed by atoms with van der Waals surface area (Å²) in [4.78, 5) is 11.0. The van der Waals surface area contributed by atoms with Crippen LogP contribution in [-0.2, 0) is 9.22 Å². The zero-order valence-electron chi connectivity index (χ0n) is 6.01. The molecular weight excluding hydrogens is 144 g/mol. The van der Waals surface area contributed by atoms with Gasteiger partial charge in [-0.2, -0.15) is 0 Å². The fourth-order valence-electron chi connectivity index (χ4n) is 1.10. The van der Waals surface area contributed by atoms with E-state index in [1.807, 2.05) is 0 Å². The normalized spacial score (nSPS) is 25.8. The summed E-state index contributed by atoms with van der Waals surface area (Å²) in [5, 5.41) is 0.166. The summed E-state index contributed by atoms with van der Waals surface area (Å²) in [6.45, 7) is 4.23. The summed E-state index contributed by atoms with van der Waals surface area (Å²) >= 11 is 0. The lowest BCUT2D eigenvalue weighted by atomic mass is 10.4. The van der Waals surface area contributed by atoms with E-state index < -0.39 is 9.04 Å². The van der Waals surface area contributed by atoms with Gasteiger partial charge in [-0.15, -0.1) is 0 Å². The van der Waals surface area contributed by atoms with E-state index in [0.717, 1.165) is 25.5 Å². The molecule has 1 rings (SSSR count). The topological polar surface area (TPSA) is 26.3 Å². The molecule has 1 unspecified atom stereocenters. The van der Waals surface area contributed by atoms with E-state index in [9.17, 15) is 4.79 Å². The molecule has 56 valence electrons. The van der Waals surface area contributed by atoms with Crippen molar-refractivity contribution in [3.8, 4) is 0 Å². The predicted molar refractivity (Wildman–Crippen MR) is 42.3 cm³/mol. The molecule has 1 fully saturated rings. The Kier molecular flexibility index (Phi) is 2.83. The molecule has 3 heteroatoms. The monoisotopic (exact) mass is 156 g/mol. The minimum atomic E-state index is -1.48. The molecule has 1 atom stereocenters. The Morgan fingerprint density at radius 1 is 1.60 bits per heavy atom. The van der Waals surface area contributed by atoms with Crippen LogP contribution in [0.5, 0.6) is 0 Å². The third kappa shape index (κ3) is 1.78. The van der Waals surface area contributed by atoms with Crippen molar-refractivity contribution in [3.63, 3.8) is 0 Å². The van der Waals surface area contributed by atoms with Crippen LogP contribution in [-0.4, -0.2) is 21.1 Å². The highest BCUT2D eigenvalue weighted by atomic mass is 28.3. The van der Waals surface area contributed by atoms with E-state index in [-0.39, 0.29) is 5.41 Å². The van der Waals surface area contributed by atoms with E-state index in [4.69, 9.17) is 4.43 Å². The van der Waals surface area contributed by atoms with Crippen molar-refractivity contribution in [1.82, 2.24) is 0 Å². The van der Waals surface area contributed by atoms with Crippen LogP contribution in [0.3, 0.4) is 0 Å². The van der Waals surface area contributed by atoms with E-state index in [0.29, 0.717) is 0 Å². The molecule has 2 nitrogen and oxygen atoms in total. The van der Waals surface area contributed by atoms with Crippen LogP contribution < -0.4 is 0 Å². The zero-order chi connectivity index (χ0) is 7.40. The Hall–Kier alpha value is -0.413. The first-order valence-electron chi connectivity index (χ1n) is 3.62. The second kappa shape index (κ2) is 3.68. The van der Waals surface area contributed by atoms with Gasteiger partial charge in [0.15, 0.2) is 5.41 Å². The van der Waals surface area contributed by atoms with Crippen molar-refractivity contribution in [3.05, 3.63) is 12.7 Å². The highest BCUT2D eigenvalue weighted by Crippen LogP contribution is 2.11. The lowest BCUT2D eigenvalue weighted by Crippen LogP contribution is -2.31. The molecule has 0 aromatic heterocycles. The van der Waals surface area contributed by atoms with E-state index in [2.05, 4.69) is 6.58 Å². The first-order chi connectivity index (χ1) is 4.84. The van der Waals surface area contributed by atoms with Crippen LogP contribution in [0.2, 0.25) is 6.04 Å². The second-order valence-corrected chi connectivity index (χ2v) is 4.92. The summed E-state index contributed by atoms with van der Waals surface area (Å²) < 4.78 is 5.35. The maximum atomic E-state index is 11.0. The number of carbonyl (C=O) groups excluding carboxylic acids is 1. The Bertz CT molecular complexity index is 139. The van der Waals surface area contributed by atoms with Crippen LogP contribution in [0.4, 0.5) is 0 Å². The fraction of sp³-hybridized carbons (Fsp3) is 0.571. The molecule has 0 spiro atoms. The summed E-state index contributed by atoms with van der Waals surface area (Å²) in [6, 6.07) is 1.00. The molecule has 0 saturated carbocycles. The molecule has 0 bridgehead atoms. The van der Waals surface area contributed by atoms with Crippen LogP contribution >= 0.6 is 0 Å². The number of hydrogen-bond donors (Lipinski definition) is 0. The van der Waals surface area contributed by atoms with Crippen LogP contribution in [0.25, 0.3) is 0 Å². The van der Waals surface area contributed by atoms with E-state index in [1.165, 1.54) is 6.08 Å². The third-order valence-electron chi connectivity index (χ3n) is 1.70. The molecule has 1 aliphatic heterocycles. The minimum absolute atomic E-state index is 0.166. The van der Waals surface area contributed by atoms with E-state index in [1.54, 1.807) is 0 Å². The molecule has 1 heterocycles.